The van der Waals surface area contributed by atoms with Gasteiger partial charge < -0.3 is 8.98 Å². The Kier molecular flexibility index (Phi) is 4.73. The SMILES string of the molecule is Cn1c(SCc2cccc(C(F)(F)F)c2)nnc1-c1ccc(Br)o1. The van der Waals surface area contributed by atoms with E-state index in [0.29, 0.717) is 32.7 Å². The zero-order valence-corrected chi connectivity index (χ0v) is 14.7. The van der Waals surface area contributed by atoms with E-state index in [0.717, 1.165) is 12.1 Å². The number of alkyl halides is 3. The highest BCUT2D eigenvalue weighted by Gasteiger charge is 2.30. The highest BCUT2D eigenvalue weighted by molar-refractivity contribution is 9.10. The number of aromatic nitrogens is 3. The summed E-state index contributed by atoms with van der Waals surface area (Å²) in [7, 11) is 1.78. The smallest absolute Gasteiger partial charge is 0.416 e. The van der Waals surface area contributed by atoms with E-state index in [-0.39, 0.29) is 0 Å². The molecule has 0 unspecified atom stereocenters. The van der Waals surface area contributed by atoms with Crippen molar-refractivity contribution in [2.45, 2.75) is 17.1 Å². The lowest BCUT2D eigenvalue weighted by atomic mass is 10.1. The summed E-state index contributed by atoms with van der Waals surface area (Å²) in [4.78, 5) is 0. The van der Waals surface area contributed by atoms with E-state index in [1.54, 1.807) is 29.8 Å². The molecule has 3 aromatic rings. The standard InChI is InChI=1S/C15H11BrF3N3OS/c1-22-13(11-5-6-12(16)23-11)20-21-14(22)24-8-9-3-2-4-10(7-9)15(17,18)19/h2-7H,8H2,1H3. The molecule has 0 bridgehead atoms. The van der Waals surface area contributed by atoms with Crippen LogP contribution in [0.3, 0.4) is 0 Å². The number of hydrogen-bond acceptors (Lipinski definition) is 4. The largest absolute Gasteiger partial charge is 0.446 e. The van der Waals surface area contributed by atoms with Crippen molar-refractivity contribution in [1.29, 1.82) is 0 Å². The van der Waals surface area contributed by atoms with Crippen molar-refractivity contribution in [3.8, 4) is 11.6 Å². The molecule has 126 valence electrons. The third-order valence-corrected chi connectivity index (χ3v) is 4.77. The van der Waals surface area contributed by atoms with Gasteiger partial charge in [-0.3, -0.25) is 0 Å². The summed E-state index contributed by atoms with van der Waals surface area (Å²) in [6.07, 6.45) is -4.34. The summed E-state index contributed by atoms with van der Waals surface area (Å²) in [5, 5.41) is 8.72. The molecule has 9 heteroatoms. The van der Waals surface area contributed by atoms with Crippen molar-refractivity contribution in [3.63, 3.8) is 0 Å². The van der Waals surface area contributed by atoms with E-state index in [9.17, 15) is 13.2 Å². The van der Waals surface area contributed by atoms with Crippen molar-refractivity contribution >= 4 is 27.7 Å². The molecule has 0 N–H and O–H groups in total. The average molecular weight is 418 g/mol. The fourth-order valence-corrected chi connectivity index (χ4v) is 3.24. The molecule has 3 rings (SSSR count). The molecule has 0 saturated carbocycles. The van der Waals surface area contributed by atoms with Crippen molar-refractivity contribution in [2.75, 3.05) is 0 Å². The molecule has 0 aliphatic carbocycles. The average Bonchev–Trinajstić information content (AvgIpc) is 3.11. The Morgan fingerprint density at radius 3 is 2.67 bits per heavy atom. The second-order valence-electron chi connectivity index (χ2n) is 4.96. The number of halogens is 4. The maximum atomic E-state index is 12.7. The molecule has 1 aromatic carbocycles. The lowest BCUT2D eigenvalue weighted by molar-refractivity contribution is -0.137. The summed E-state index contributed by atoms with van der Waals surface area (Å²) >= 11 is 4.53. The van der Waals surface area contributed by atoms with Gasteiger partial charge in [0.05, 0.1) is 5.56 Å². The van der Waals surface area contributed by atoms with Gasteiger partial charge in [-0.15, -0.1) is 10.2 Å². The third kappa shape index (κ3) is 3.67. The fourth-order valence-electron chi connectivity index (χ4n) is 2.07. The van der Waals surface area contributed by atoms with Gasteiger partial charge in [-0.2, -0.15) is 13.2 Å². The first kappa shape index (κ1) is 17.1. The predicted molar refractivity (Wildman–Crippen MR) is 87.4 cm³/mol. The Morgan fingerprint density at radius 1 is 1.21 bits per heavy atom. The minimum absolute atomic E-state index is 0.359. The molecule has 0 spiro atoms. The molecule has 24 heavy (non-hydrogen) atoms. The second-order valence-corrected chi connectivity index (χ2v) is 6.68. The topological polar surface area (TPSA) is 43.9 Å². The number of nitrogens with zero attached hydrogens (tertiary/aromatic N) is 3. The lowest BCUT2D eigenvalue weighted by Crippen LogP contribution is -2.05. The van der Waals surface area contributed by atoms with Crippen LogP contribution in [-0.4, -0.2) is 14.8 Å². The van der Waals surface area contributed by atoms with E-state index in [4.69, 9.17) is 4.42 Å². The molecule has 0 fully saturated rings. The van der Waals surface area contributed by atoms with Gasteiger partial charge in [0, 0.05) is 12.8 Å². The third-order valence-electron chi connectivity index (χ3n) is 3.25. The van der Waals surface area contributed by atoms with Gasteiger partial charge in [-0.1, -0.05) is 30.0 Å². The minimum Gasteiger partial charge on any atom is -0.446 e. The van der Waals surface area contributed by atoms with E-state index in [2.05, 4.69) is 26.1 Å². The van der Waals surface area contributed by atoms with Gasteiger partial charge in [-0.05, 0) is 39.7 Å². The van der Waals surface area contributed by atoms with Gasteiger partial charge in [0.2, 0.25) is 0 Å². The van der Waals surface area contributed by atoms with Crippen LogP contribution >= 0.6 is 27.7 Å². The summed E-state index contributed by atoms with van der Waals surface area (Å²) in [6.45, 7) is 0. The van der Waals surface area contributed by atoms with E-state index >= 15 is 0 Å². The number of thioether (sulfide) groups is 1. The van der Waals surface area contributed by atoms with Crippen LogP contribution in [0.2, 0.25) is 0 Å². The molecule has 0 atom stereocenters. The van der Waals surface area contributed by atoms with Gasteiger partial charge in [-0.25, -0.2) is 0 Å². The summed E-state index contributed by atoms with van der Waals surface area (Å²) in [5.74, 6) is 1.47. The summed E-state index contributed by atoms with van der Waals surface area (Å²) in [5.41, 5.74) is -0.0835. The molecule has 2 heterocycles. The highest BCUT2D eigenvalue weighted by Crippen LogP contribution is 2.31. The first-order valence-electron chi connectivity index (χ1n) is 6.78. The molecule has 0 saturated heterocycles. The van der Waals surface area contributed by atoms with Crippen LogP contribution in [0, 0.1) is 0 Å². The number of hydrogen-bond donors (Lipinski definition) is 0. The molecule has 0 radical (unpaired) electrons. The Bertz CT molecular complexity index is 860. The molecule has 0 aliphatic rings. The van der Waals surface area contributed by atoms with Crippen LogP contribution in [-0.2, 0) is 19.0 Å². The number of benzene rings is 1. The first-order chi connectivity index (χ1) is 11.3. The van der Waals surface area contributed by atoms with Crippen molar-refractivity contribution in [2.24, 2.45) is 7.05 Å². The van der Waals surface area contributed by atoms with E-state index in [1.165, 1.54) is 17.8 Å². The van der Waals surface area contributed by atoms with Crippen LogP contribution in [0.25, 0.3) is 11.6 Å². The summed E-state index contributed by atoms with van der Waals surface area (Å²) < 4.78 is 46.0. The molecule has 0 amide bonds. The zero-order chi connectivity index (χ0) is 17.3. The molecule has 0 aliphatic heterocycles. The van der Waals surface area contributed by atoms with Gasteiger partial charge >= 0.3 is 6.18 Å². The maximum absolute atomic E-state index is 12.7. The molecular weight excluding hydrogens is 407 g/mol. The molecule has 2 aromatic heterocycles. The quantitative estimate of drug-likeness (QED) is 0.550. The molecular formula is C15H11BrF3N3OS. The maximum Gasteiger partial charge on any atom is 0.416 e. The van der Waals surface area contributed by atoms with Crippen molar-refractivity contribution < 1.29 is 17.6 Å². The van der Waals surface area contributed by atoms with Crippen LogP contribution < -0.4 is 0 Å². The van der Waals surface area contributed by atoms with Crippen molar-refractivity contribution in [1.82, 2.24) is 14.8 Å². The highest BCUT2D eigenvalue weighted by atomic mass is 79.9. The van der Waals surface area contributed by atoms with Crippen LogP contribution in [0.1, 0.15) is 11.1 Å². The van der Waals surface area contributed by atoms with Crippen molar-refractivity contribution in [3.05, 3.63) is 52.2 Å². The van der Waals surface area contributed by atoms with Crippen LogP contribution in [0.5, 0.6) is 0 Å². The Labute approximate surface area is 148 Å². The number of rotatable bonds is 4. The first-order valence-corrected chi connectivity index (χ1v) is 8.56. The number of furan rings is 1. The second kappa shape index (κ2) is 6.64. The van der Waals surface area contributed by atoms with Crippen LogP contribution in [0.4, 0.5) is 13.2 Å². The Balaban J connectivity index is 1.75. The summed E-state index contributed by atoms with van der Waals surface area (Å²) in [6, 6.07) is 8.77. The van der Waals surface area contributed by atoms with E-state index < -0.39 is 11.7 Å². The van der Waals surface area contributed by atoms with Gasteiger partial charge in [0.25, 0.3) is 0 Å². The predicted octanol–water partition coefficient (Wildman–Crippen LogP) is 5.15. The monoisotopic (exact) mass is 417 g/mol. The van der Waals surface area contributed by atoms with Gasteiger partial charge in [0.1, 0.15) is 0 Å². The van der Waals surface area contributed by atoms with Crippen LogP contribution in [0.15, 0.2) is 50.6 Å². The zero-order valence-electron chi connectivity index (χ0n) is 12.3. The Morgan fingerprint density at radius 2 is 2.00 bits per heavy atom. The minimum atomic E-state index is -4.34. The lowest BCUT2D eigenvalue weighted by Gasteiger charge is -2.08. The van der Waals surface area contributed by atoms with Gasteiger partial charge in [0.15, 0.2) is 21.4 Å². The Hall–Kier alpha value is -1.74. The normalized spacial score (nSPS) is 11.9. The fraction of sp³-hybridized carbons (Fsp3) is 0.200. The van der Waals surface area contributed by atoms with E-state index in [1.807, 2.05) is 0 Å². The molecule has 4 nitrogen and oxygen atoms in total.